The van der Waals surface area contributed by atoms with Gasteiger partial charge in [-0.25, -0.2) is 13.8 Å². The minimum atomic E-state index is -4.09. The summed E-state index contributed by atoms with van der Waals surface area (Å²) in [6.45, 7) is 3.44. The molecule has 0 atom stereocenters. The summed E-state index contributed by atoms with van der Waals surface area (Å²) in [5.74, 6) is 0.0544. The van der Waals surface area contributed by atoms with Crippen LogP contribution in [0.4, 0.5) is 0 Å². The summed E-state index contributed by atoms with van der Waals surface area (Å²) < 4.78 is 41.0. The molecular formula is C31H32Cl2N4O5S. The number of carbonyl (C=O) groups is 1. The summed E-state index contributed by atoms with van der Waals surface area (Å²) in [5, 5.41) is 5.20. The van der Waals surface area contributed by atoms with E-state index in [9.17, 15) is 13.2 Å². The van der Waals surface area contributed by atoms with Gasteiger partial charge in [0.15, 0.2) is 11.5 Å². The highest BCUT2D eigenvalue weighted by Gasteiger charge is 2.28. The van der Waals surface area contributed by atoms with Crippen LogP contribution in [0.25, 0.3) is 5.69 Å². The second-order valence-corrected chi connectivity index (χ2v) is 12.4. The molecule has 1 aromatic heterocycles. The first-order valence-corrected chi connectivity index (χ1v) is 15.5. The molecule has 3 aromatic carbocycles. The molecule has 1 amide bonds. The van der Waals surface area contributed by atoms with Gasteiger partial charge in [0, 0.05) is 34.6 Å². The number of aryl methyl sites for hydroxylation is 1. The molecule has 0 saturated carbocycles. The van der Waals surface area contributed by atoms with Gasteiger partial charge in [0.2, 0.25) is 10.0 Å². The highest BCUT2D eigenvalue weighted by atomic mass is 35.5. The van der Waals surface area contributed by atoms with E-state index in [-0.39, 0.29) is 17.2 Å². The average molecular weight is 644 g/mol. The number of sulfonamides is 1. The van der Waals surface area contributed by atoms with Crippen molar-refractivity contribution in [3.05, 3.63) is 105 Å². The smallest absolute Gasteiger partial charge is 0.255 e. The number of ether oxygens (including phenoxy) is 2. The van der Waals surface area contributed by atoms with Gasteiger partial charge in [-0.3, -0.25) is 4.79 Å². The topological polar surface area (TPSA) is 102 Å². The average Bonchev–Trinajstić information content (AvgIpc) is 3.28. The number of methoxy groups -OCH3 is 2. The van der Waals surface area contributed by atoms with Crippen LogP contribution < -0.4 is 14.9 Å². The molecule has 226 valence electrons. The molecule has 1 heterocycles. The molecule has 1 N–H and O–H groups in total. The molecule has 12 heteroatoms. The number of nitrogens with one attached hydrogen (secondary N) is 1. The van der Waals surface area contributed by atoms with Crippen LogP contribution in [-0.2, 0) is 21.2 Å². The summed E-state index contributed by atoms with van der Waals surface area (Å²) in [7, 11) is -1.20. The molecule has 0 unspecified atom stereocenters. The molecule has 0 fully saturated rings. The van der Waals surface area contributed by atoms with Crippen molar-refractivity contribution in [2.24, 2.45) is 5.10 Å². The highest BCUT2D eigenvalue weighted by molar-refractivity contribution is 7.89. The lowest BCUT2D eigenvalue weighted by Crippen LogP contribution is -2.40. The number of aromatic nitrogens is 1. The Labute approximate surface area is 261 Å². The molecule has 0 aliphatic heterocycles. The highest BCUT2D eigenvalue weighted by Crippen LogP contribution is 2.31. The number of nitrogens with zero attached hydrogens (tertiary/aromatic N) is 3. The standard InChI is InChI=1S/C31H32Cl2N4O5S/c1-21-16-24(22(2)37(21)28-17-25(32)10-12-27(28)33)19-34-35-31(38)20-36(15-14-23-8-6-5-7-9-23)43(39,40)26-11-13-29(41-3)30(18-26)42-4/h5-13,16-19H,14-15,20H2,1-4H3,(H,35,38)/b34-19+. The third-order valence-corrected chi connectivity index (χ3v) is 9.21. The first-order chi connectivity index (χ1) is 20.5. The lowest BCUT2D eigenvalue weighted by atomic mass is 10.1. The fraction of sp³-hybridized carbons (Fsp3) is 0.226. The predicted molar refractivity (Wildman–Crippen MR) is 169 cm³/mol. The molecule has 0 aliphatic rings. The fourth-order valence-electron chi connectivity index (χ4n) is 4.62. The maximum Gasteiger partial charge on any atom is 0.255 e. The second kappa shape index (κ2) is 14.1. The van der Waals surface area contributed by atoms with Crippen molar-refractivity contribution < 1.29 is 22.7 Å². The van der Waals surface area contributed by atoms with E-state index in [1.807, 2.05) is 54.8 Å². The summed E-state index contributed by atoms with van der Waals surface area (Å²) in [6, 6.07) is 20.9. The van der Waals surface area contributed by atoms with Crippen molar-refractivity contribution in [2.75, 3.05) is 27.3 Å². The van der Waals surface area contributed by atoms with Crippen LogP contribution in [0.2, 0.25) is 10.0 Å². The van der Waals surface area contributed by atoms with Crippen LogP contribution in [0.15, 0.2) is 82.8 Å². The number of amides is 1. The van der Waals surface area contributed by atoms with Crippen LogP contribution >= 0.6 is 23.2 Å². The van der Waals surface area contributed by atoms with E-state index in [1.54, 1.807) is 18.2 Å². The van der Waals surface area contributed by atoms with Crippen LogP contribution in [0.5, 0.6) is 11.5 Å². The SMILES string of the molecule is COc1ccc(S(=O)(=O)N(CCc2ccccc2)CC(=O)N/N=C/c2cc(C)n(-c3cc(Cl)ccc3Cl)c2C)cc1OC. The zero-order valence-electron chi connectivity index (χ0n) is 24.2. The number of hydrazone groups is 1. The zero-order chi connectivity index (χ0) is 31.1. The Morgan fingerprint density at radius 3 is 2.40 bits per heavy atom. The van der Waals surface area contributed by atoms with Crippen molar-refractivity contribution in [1.82, 2.24) is 14.3 Å². The zero-order valence-corrected chi connectivity index (χ0v) is 26.5. The third kappa shape index (κ3) is 7.58. The molecule has 0 saturated heterocycles. The minimum Gasteiger partial charge on any atom is -0.493 e. The first kappa shape index (κ1) is 32.1. The van der Waals surface area contributed by atoms with Gasteiger partial charge in [-0.15, -0.1) is 0 Å². The summed E-state index contributed by atoms with van der Waals surface area (Å²) >= 11 is 12.6. The molecule has 9 nitrogen and oxygen atoms in total. The molecule has 0 spiro atoms. The number of hydrogen-bond acceptors (Lipinski definition) is 6. The Morgan fingerprint density at radius 1 is 0.977 bits per heavy atom. The lowest BCUT2D eigenvalue weighted by molar-refractivity contribution is -0.121. The lowest BCUT2D eigenvalue weighted by Gasteiger charge is -2.22. The number of rotatable bonds is 12. The van der Waals surface area contributed by atoms with E-state index in [4.69, 9.17) is 32.7 Å². The van der Waals surface area contributed by atoms with Crippen LogP contribution in [0.3, 0.4) is 0 Å². The number of benzene rings is 3. The van der Waals surface area contributed by atoms with Gasteiger partial charge in [0.1, 0.15) is 0 Å². The van der Waals surface area contributed by atoms with E-state index < -0.39 is 22.5 Å². The monoisotopic (exact) mass is 642 g/mol. The molecule has 4 aromatic rings. The van der Waals surface area contributed by atoms with Crippen molar-refractivity contribution >= 4 is 45.3 Å². The Hall–Kier alpha value is -3.83. The van der Waals surface area contributed by atoms with Crippen molar-refractivity contribution in [1.29, 1.82) is 0 Å². The summed E-state index contributed by atoms with van der Waals surface area (Å²) in [5.41, 5.74) is 6.59. The van der Waals surface area contributed by atoms with Crippen LogP contribution in [0, 0.1) is 13.8 Å². The summed E-state index contributed by atoms with van der Waals surface area (Å²) in [4.78, 5) is 13.0. The van der Waals surface area contributed by atoms with Crippen LogP contribution in [-0.4, -0.2) is 56.7 Å². The van der Waals surface area contributed by atoms with E-state index >= 15 is 0 Å². The maximum absolute atomic E-state index is 13.7. The van der Waals surface area contributed by atoms with Gasteiger partial charge in [0.25, 0.3) is 5.91 Å². The second-order valence-electron chi connectivity index (χ2n) is 9.64. The van der Waals surface area contributed by atoms with Gasteiger partial charge >= 0.3 is 0 Å². The summed E-state index contributed by atoms with van der Waals surface area (Å²) in [6.07, 6.45) is 1.91. The quantitative estimate of drug-likeness (QED) is 0.155. The normalized spacial score (nSPS) is 11.7. The predicted octanol–water partition coefficient (Wildman–Crippen LogP) is 5.80. The Bertz CT molecular complexity index is 1740. The van der Waals surface area contributed by atoms with E-state index in [2.05, 4.69) is 10.5 Å². The van der Waals surface area contributed by atoms with Crippen molar-refractivity contribution in [3.8, 4) is 17.2 Å². The van der Waals surface area contributed by atoms with Crippen molar-refractivity contribution in [3.63, 3.8) is 0 Å². The van der Waals surface area contributed by atoms with Gasteiger partial charge in [-0.05, 0) is 62.2 Å². The van der Waals surface area contributed by atoms with Gasteiger partial charge in [-0.1, -0.05) is 53.5 Å². The Balaban J connectivity index is 1.54. The molecule has 0 aliphatic carbocycles. The van der Waals surface area contributed by atoms with Gasteiger partial charge in [-0.2, -0.15) is 9.41 Å². The van der Waals surface area contributed by atoms with Crippen molar-refractivity contribution in [2.45, 2.75) is 25.2 Å². The number of hydrogen-bond donors (Lipinski definition) is 1. The maximum atomic E-state index is 13.7. The third-order valence-electron chi connectivity index (χ3n) is 6.82. The molecule has 43 heavy (non-hydrogen) atoms. The number of carbonyl (C=O) groups excluding carboxylic acids is 1. The Kier molecular flexibility index (Phi) is 10.5. The van der Waals surface area contributed by atoms with E-state index in [0.29, 0.717) is 22.2 Å². The van der Waals surface area contributed by atoms with E-state index in [0.717, 1.165) is 32.5 Å². The first-order valence-electron chi connectivity index (χ1n) is 13.3. The minimum absolute atomic E-state index is 0.0263. The van der Waals surface area contributed by atoms with Gasteiger partial charge in [0.05, 0.1) is 42.6 Å². The molecule has 4 rings (SSSR count). The fourth-order valence-corrected chi connectivity index (χ4v) is 6.41. The van der Waals surface area contributed by atoms with Crippen LogP contribution in [0.1, 0.15) is 22.5 Å². The van der Waals surface area contributed by atoms with E-state index in [1.165, 1.54) is 38.6 Å². The number of halogens is 2. The molecular weight excluding hydrogens is 611 g/mol. The Morgan fingerprint density at radius 2 is 1.70 bits per heavy atom. The largest absolute Gasteiger partial charge is 0.493 e. The van der Waals surface area contributed by atoms with Gasteiger partial charge < -0.3 is 14.0 Å². The molecule has 0 radical (unpaired) electrons. The molecule has 0 bridgehead atoms.